The molecule has 0 spiro atoms. The molecule has 1 fully saturated rings. The van der Waals surface area contributed by atoms with Crippen LogP contribution in [0.2, 0.25) is 0 Å². The van der Waals surface area contributed by atoms with Gasteiger partial charge >= 0.3 is 6.18 Å². The molecule has 0 aromatic heterocycles. The van der Waals surface area contributed by atoms with Crippen LogP contribution in [0.4, 0.5) is 18.9 Å². The number of nitrogens with two attached hydrogens (primary N) is 1. The molecule has 0 saturated heterocycles. The highest BCUT2D eigenvalue weighted by Crippen LogP contribution is 2.33. The van der Waals surface area contributed by atoms with Gasteiger partial charge in [0.25, 0.3) is 0 Å². The molecule has 0 aliphatic heterocycles. The predicted molar refractivity (Wildman–Crippen MR) is 71.4 cm³/mol. The minimum atomic E-state index is -4.45. The van der Waals surface area contributed by atoms with Crippen LogP contribution in [0.25, 0.3) is 0 Å². The predicted octanol–water partition coefficient (Wildman–Crippen LogP) is 4.44. The minimum Gasteiger partial charge on any atom is -0.398 e. The fourth-order valence-electron chi connectivity index (χ4n) is 2.74. The van der Waals surface area contributed by atoms with E-state index >= 15 is 0 Å². The Morgan fingerprint density at radius 2 is 1.85 bits per heavy atom. The fourth-order valence-corrected chi connectivity index (χ4v) is 2.74. The second-order valence-electron chi connectivity index (χ2n) is 5.43. The number of halogens is 3. The van der Waals surface area contributed by atoms with Gasteiger partial charge in [-0.05, 0) is 24.1 Å². The standard InChI is InChI=1S/C15H18F3NO/c16-15(17,18)11-6-7-13(19)12(9-11)14(20)8-10-4-2-1-3-5-10/h6-7,9-10H,1-5,8,19H2. The number of rotatable bonds is 3. The maximum Gasteiger partial charge on any atom is 0.416 e. The molecular formula is C15H18F3NO. The Morgan fingerprint density at radius 1 is 1.20 bits per heavy atom. The molecule has 110 valence electrons. The third-order valence-electron chi connectivity index (χ3n) is 3.88. The van der Waals surface area contributed by atoms with Crippen LogP contribution in [0, 0.1) is 5.92 Å². The summed E-state index contributed by atoms with van der Waals surface area (Å²) in [6, 6.07) is 2.95. The lowest BCUT2D eigenvalue weighted by molar-refractivity contribution is -0.137. The van der Waals surface area contributed by atoms with Crippen LogP contribution in [0.15, 0.2) is 18.2 Å². The fraction of sp³-hybridized carbons (Fsp3) is 0.533. The van der Waals surface area contributed by atoms with Crippen molar-refractivity contribution in [2.45, 2.75) is 44.7 Å². The second kappa shape index (κ2) is 5.85. The average Bonchev–Trinajstić information content (AvgIpc) is 2.39. The van der Waals surface area contributed by atoms with Crippen molar-refractivity contribution in [2.75, 3.05) is 5.73 Å². The summed E-state index contributed by atoms with van der Waals surface area (Å²) in [6.45, 7) is 0. The van der Waals surface area contributed by atoms with Gasteiger partial charge in [0.05, 0.1) is 5.56 Å². The molecule has 0 atom stereocenters. The topological polar surface area (TPSA) is 43.1 Å². The Kier molecular flexibility index (Phi) is 4.35. The highest BCUT2D eigenvalue weighted by molar-refractivity contribution is 6.01. The maximum absolute atomic E-state index is 12.7. The summed E-state index contributed by atoms with van der Waals surface area (Å²) in [5, 5.41) is 0. The molecule has 0 unspecified atom stereocenters. The SMILES string of the molecule is Nc1ccc(C(F)(F)F)cc1C(=O)CC1CCCCC1. The first-order valence-electron chi connectivity index (χ1n) is 6.88. The van der Waals surface area contributed by atoms with Crippen molar-refractivity contribution < 1.29 is 18.0 Å². The Hall–Kier alpha value is -1.52. The van der Waals surface area contributed by atoms with Gasteiger partial charge < -0.3 is 5.73 Å². The third kappa shape index (κ3) is 3.52. The van der Waals surface area contributed by atoms with Crippen LogP contribution in [-0.4, -0.2) is 5.78 Å². The first-order chi connectivity index (χ1) is 9.38. The van der Waals surface area contributed by atoms with Gasteiger partial charge in [0.2, 0.25) is 0 Å². The Bertz CT molecular complexity index is 490. The molecule has 0 amide bonds. The molecular weight excluding hydrogens is 267 g/mol. The normalized spacial score (nSPS) is 17.1. The number of alkyl halides is 3. The summed E-state index contributed by atoms with van der Waals surface area (Å²) in [7, 11) is 0. The summed E-state index contributed by atoms with van der Waals surface area (Å²) in [5.74, 6) is 0.00527. The molecule has 0 radical (unpaired) electrons. The monoisotopic (exact) mass is 285 g/mol. The van der Waals surface area contributed by atoms with Crippen LogP contribution in [0.3, 0.4) is 0 Å². The number of hydrogen-bond acceptors (Lipinski definition) is 2. The van der Waals surface area contributed by atoms with Gasteiger partial charge in [0, 0.05) is 17.7 Å². The summed E-state index contributed by atoms with van der Waals surface area (Å²) in [4.78, 5) is 12.2. The molecule has 2 rings (SSSR count). The van der Waals surface area contributed by atoms with Crippen LogP contribution < -0.4 is 5.73 Å². The number of Topliss-reactive ketones (excluding diaryl/α,β-unsaturated/α-hetero) is 1. The van der Waals surface area contributed by atoms with E-state index in [0.717, 1.165) is 43.9 Å². The van der Waals surface area contributed by atoms with Crippen molar-refractivity contribution in [2.24, 2.45) is 5.92 Å². The second-order valence-corrected chi connectivity index (χ2v) is 5.43. The van der Waals surface area contributed by atoms with Crippen molar-refractivity contribution in [1.82, 2.24) is 0 Å². The van der Waals surface area contributed by atoms with Gasteiger partial charge in [0.15, 0.2) is 5.78 Å². The highest BCUT2D eigenvalue weighted by atomic mass is 19.4. The molecule has 2 nitrogen and oxygen atoms in total. The number of carbonyl (C=O) groups is 1. The molecule has 1 saturated carbocycles. The Morgan fingerprint density at radius 3 is 2.45 bits per heavy atom. The maximum atomic E-state index is 12.7. The molecule has 20 heavy (non-hydrogen) atoms. The average molecular weight is 285 g/mol. The number of ketones is 1. The lowest BCUT2D eigenvalue weighted by Gasteiger charge is -2.21. The summed E-state index contributed by atoms with van der Waals surface area (Å²) in [5.41, 5.74) is 4.96. The third-order valence-corrected chi connectivity index (χ3v) is 3.88. The van der Waals surface area contributed by atoms with Gasteiger partial charge in [-0.3, -0.25) is 4.79 Å². The van der Waals surface area contributed by atoms with Crippen LogP contribution >= 0.6 is 0 Å². The van der Waals surface area contributed by atoms with Crippen molar-refractivity contribution in [1.29, 1.82) is 0 Å². The van der Waals surface area contributed by atoms with Crippen molar-refractivity contribution in [3.8, 4) is 0 Å². The van der Waals surface area contributed by atoms with Crippen molar-refractivity contribution in [3.63, 3.8) is 0 Å². The highest BCUT2D eigenvalue weighted by Gasteiger charge is 2.31. The Balaban J connectivity index is 2.16. The van der Waals surface area contributed by atoms with Gasteiger partial charge in [-0.1, -0.05) is 32.1 Å². The number of anilines is 1. The van der Waals surface area contributed by atoms with Gasteiger partial charge in [0.1, 0.15) is 0 Å². The van der Waals surface area contributed by atoms with Gasteiger partial charge in [-0.15, -0.1) is 0 Å². The number of carbonyl (C=O) groups excluding carboxylic acids is 1. The first-order valence-corrected chi connectivity index (χ1v) is 6.88. The lowest BCUT2D eigenvalue weighted by atomic mass is 9.84. The van der Waals surface area contributed by atoms with Crippen LogP contribution in [0.5, 0.6) is 0 Å². The summed E-state index contributed by atoms with van der Waals surface area (Å²) in [6.07, 6.45) is 1.16. The van der Waals surface area contributed by atoms with Crippen LogP contribution in [0.1, 0.15) is 54.4 Å². The number of benzene rings is 1. The quantitative estimate of drug-likeness (QED) is 0.659. The van der Waals surface area contributed by atoms with Crippen molar-refractivity contribution in [3.05, 3.63) is 29.3 Å². The van der Waals surface area contributed by atoms with E-state index in [0.29, 0.717) is 6.42 Å². The number of nitrogen functional groups attached to an aromatic ring is 1. The summed E-state index contributed by atoms with van der Waals surface area (Å²) >= 11 is 0. The minimum absolute atomic E-state index is 0.00500. The zero-order valence-corrected chi connectivity index (χ0v) is 11.2. The Labute approximate surface area is 116 Å². The summed E-state index contributed by atoms with van der Waals surface area (Å²) < 4.78 is 38.0. The van der Waals surface area contributed by atoms with E-state index in [1.54, 1.807) is 0 Å². The zero-order valence-electron chi connectivity index (χ0n) is 11.2. The van der Waals surface area contributed by atoms with Gasteiger partial charge in [-0.25, -0.2) is 0 Å². The first kappa shape index (κ1) is 14.9. The van der Waals surface area contributed by atoms with E-state index in [-0.39, 0.29) is 23.0 Å². The lowest BCUT2D eigenvalue weighted by Crippen LogP contribution is -2.15. The molecule has 5 heteroatoms. The van der Waals surface area contributed by atoms with Crippen LogP contribution in [-0.2, 0) is 6.18 Å². The molecule has 1 aromatic rings. The van der Waals surface area contributed by atoms with E-state index in [1.165, 1.54) is 6.42 Å². The van der Waals surface area contributed by atoms with E-state index < -0.39 is 11.7 Å². The number of hydrogen-bond donors (Lipinski definition) is 1. The zero-order chi connectivity index (χ0) is 14.8. The smallest absolute Gasteiger partial charge is 0.398 e. The van der Waals surface area contributed by atoms with E-state index in [9.17, 15) is 18.0 Å². The van der Waals surface area contributed by atoms with E-state index in [1.807, 2.05) is 0 Å². The van der Waals surface area contributed by atoms with E-state index in [2.05, 4.69) is 0 Å². The molecule has 1 aliphatic rings. The van der Waals surface area contributed by atoms with Gasteiger partial charge in [-0.2, -0.15) is 13.2 Å². The van der Waals surface area contributed by atoms with Crippen molar-refractivity contribution >= 4 is 11.5 Å². The molecule has 0 heterocycles. The molecule has 1 aromatic carbocycles. The molecule has 2 N–H and O–H groups in total. The molecule has 0 bridgehead atoms. The largest absolute Gasteiger partial charge is 0.416 e. The van der Waals surface area contributed by atoms with E-state index in [4.69, 9.17) is 5.73 Å². The molecule has 1 aliphatic carbocycles.